The molecule has 4 heterocycles. The molecule has 1 atom stereocenters. The molecule has 4 aromatic heterocycles. The average Bonchev–Trinajstić information content (AvgIpc) is 3.27. The Labute approximate surface area is 168 Å². The molecule has 0 N–H and O–H groups in total. The quantitative estimate of drug-likeness (QED) is 0.507. The lowest BCUT2D eigenvalue weighted by molar-refractivity contribution is 0.218. The first kappa shape index (κ1) is 17.8. The van der Waals surface area contributed by atoms with Gasteiger partial charge in [0, 0.05) is 10.6 Å². The van der Waals surface area contributed by atoms with Crippen LogP contribution < -0.4 is 0 Å². The lowest BCUT2D eigenvalue weighted by atomic mass is 9.72. The van der Waals surface area contributed by atoms with Crippen molar-refractivity contribution in [3.8, 4) is 0 Å². The zero-order valence-corrected chi connectivity index (χ0v) is 18.0. The molecule has 0 radical (unpaired) electrons. The van der Waals surface area contributed by atoms with Crippen LogP contribution in [0.15, 0.2) is 12.4 Å². The van der Waals surface area contributed by atoms with E-state index in [1.165, 1.54) is 22.2 Å². The Morgan fingerprint density at radius 1 is 1.21 bits per heavy atom. The van der Waals surface area contributed by atoms with E-state index in [4.69, 9.17) is 9.97 Å². The van der Waals surface area contributed by atoms with Crippen LogP contribution in [0.5, 0.6) is 0 Å². The van der Waals surface area contributed by atoms with E-state index in [0.29, 0.717) is 12.0 Å². The van der Waals surface area contributed by atoms with Gasteiger partial charge in [-0.25, -0.2) is 14.5 Å². The summed E-state index contributed by atoms with van der Waals surface area (Å²) in [6.07, 6.45) is 5.30. The summed E-state index contributed by atoms with van der Waals surface area (Å²) < 4.78 is 3.80. The van der Waals surface area contributed by atoms with Crippen molar-refractivity contribution in [2.75, 3.05) is 0 Å². The minimum absolute atomic E-state index is 0.346. The molecule has 0 aromatic carbocycles. The van der Waals surface area contributed by atoms with Crippen LogP contribution in [-0.4, -0.2) is 29.4 Å². The summed E-state index contributed by atoms with van der Waals surface area (Å²) in [6, 6.07) is 2.08. The lowest BCUT2D eigenvalue weighted by Gasteiger charge is -2.33. The topological polar surface area (TPSA) is 60.9 Å². The van der Waals surface area contributed by atoms with Crippen LogP contribution in [0.2, 0.25) is 0 Å². The molecule has 5 rings (SSSR count). The van der Waals surface area contributed by atoms with Gasteiger partial charge in [-0.05, 0) is 56.1 Å². The van der Waals surface area contributed by atoms with Gasteiger partial charge in [-0.2, -0.15) is 5.10 Å². The Bertz CT molecular complexity index is 1190. The van der Waals surface area contributed by atoms with Crippen molar-refractivity contribution >= 4 is 27.2 Å². The van der Waals surface area contributed by atoms with Gasteiger partial charge in [0.2, 0.25) is 0 Å². The van der Waals surface area contributed by atoms with E-state index < -0.39 is 0 Å². The number of hydrogen-bond acceptors (Lipinski definition) is 5. The van der Waals surface area contributed by atoms with Gasteiger partial charge in [0.05, 0.1) is 11.1 Å². The van der Waals surface area contributed by atoms with E-state index in [0.717, 1.165) is 46.4 Å². The first-order valence-electron chi connectivity index (χ1n) is 9.95. The van der Waals surface area contributed by atoms with E-state index in [-0.39, 0.29) is 0 Å². The highest BCUT2D eigenvalue weighted by Crippen LogP contribution is 2.43. The van der Waals surface area contributed by atoms with E-state index in [9.17, 15) is 0 Å². The fourth-order valence-electron chi connectivity index (χ4n) is 4.39. The molecule has 1 aliphatic carbocycles. The van der Waals surface area contributed by atoms with Crippen LogP contribution in [0.25, 0.3) is 15.9 Å². The zero-order valence-electron chi connectivity index (χ0n) is 17.2. The smallest absolute Gasteiger partial charge is 0.173 e. The van der Waals surface area contributed by atoms with E-state index >= 15 is 0 Å². The van der Waals surface area contributed by atoms with Crippen molar-refractivity contribution < 1.29 is 0 Å². The highest BCUT2D eigenvalue weighted by molar-refractivity contribution is 7.19. The van der Waals surface area contributed by atoms with Crippen molar-refractivity contribution in [2.24, 2.45) is 11.3 Å². The summed E-state index contributed by atoms with van der Waals surface area (Å²) in [5.74, 6) is 1.51. The zero-order chi connectivity index (χ0) is 19.6. The molecule has 0 saturated heterocycles. The molecule has 0 bridgehead atoms. The molecule has 0 amide bonds. The molecule has 1 aliphatic rings. The first-order valence-corrected chi connectivity index (χ1v) is 10.8. The fourth-order valence-corrected chi connectivity index (χ4v) is 5.66. The second-order valence-corrected chi connectivity index (χ2v) is 10.2. The normalized spacial score (nSPS) is 17.5. The Balaban J connectivity index is 1.58. The van der Waals surface area contributed by atoms with E-state index in [1.54, 1.807) is 6.33 Å². The summed E-state index contributed by atoms with van der Waals surface area (Å²) >= 11 is 1.84. The third-order valence-electron chi connectivity index (χ3n) is 6.05. The second kappa shape index (κ2) is 6.11. The number of thiophene rings is 1. The van der Waals surface area contributed by atoms with Crippen molar-refractivity contribution in [3.63, 3.8) is 0 Å². The van der Waals surface area contributed by atoms with Crippen LogP contribution in [0.4, 0.5) is 0 Å². The number of hydrogen-bond donors (Lipinski definition) is 0. The summed E-state index contributed by atoms with van der Waals surface area (Å²) in [5, 5.41) is 10.4. The maximum atomic E-state index is 4.89. The van der Waals surface area contributed by atoms with Gasteiger partial charge >= 0.3 is 0 Å². The van der Waals surface area contributed by atoms with Gasteiger partial charge in [0.1, 0.15) is 17.7 Å². The third-order valence-corrected chi connectivity index (χ3v) is 7.21. The molecule has 0 unspecified atom stereocenters. The van der Waals surface area contributed by atoms with Crippen molar-refractivity contribution in [1.29, 1.82) is 0 Å². The molecule has 4 aromatic rings. The molecular formula is C21H26N6S. The van der Waals surface area contributed by atoms with Crippen LogP contribution >= 0.6 is 11.3 Å². The van der Waals surface area contributed by atoms with Gasteiger partial charge in [-0.1, -0.05) is 20.8 Å². The Morgan fingerprint density at radius 2 is 2.04 bits per heavy atom. The first-order chi connectivity index (χ1) is 13.3. The number of aryl methyl sites for hydroxylation is 3. The predicted octanol–water partition coefficient (Wildman–Crippen LogP) is 4.35. The van der Waals surface area contributed by atoms with Crippen LogP contribution in [-0.2, 0) is 19.4 Å². The summed E-state index contributed by atoms with van der Waals surface area (Å²) in [4.78, 5) is 12.2. The van der Waals surface area contributed by atoms with Gasteiger partial charge in [-0.3, -0.25) is 4.68 Å². The molecule has 0 aliphatic heterocycles. The third kappa shape index (κ3) is 2.83. The SMILES string of the molecule is Cc1cc(C)n(Cc2nc3c4c5c(sc4ncn3n2)C[C@@H](C(C)(C)C)CC5)n1. The number of fused-ring (bicyclic) bond motifs is 5. The van der Waals surface area contributed by atoms with Gasteiger partial charge in [0.25, 0.3) is 0 Å². The summed E-state index contributed by atoms with van der Waals surface area (Å²) in [7, 11) is 0. The average molecular weight is 395 g/mol. The van der Waals surface area contributed by atoms with E-state index in [1.807, 2.05) is 27.5 Å². The molecule has 6 nitrogen and oxygen atoms in total. The molecule has 0 saturated carbocycles. The second-order valence-electron chi connectivity index (χ2n) is 9.12. The molecule has 28 heavy (non-hydrogen) atoms. The fraction of sp³-hybridized carbons (Fsp3) is 0.524. The minimum Gasteiger partial charge on any atom is -0.262 e. The Hall–Kier alpha value is -2.28. The standard InChI is InChI=1S/C21H26N6S/c1-12-8-13(2)26(24-12)10-17-23-19-18-15-7-6-14(21(3,4)5)9-16(15)28-20(18)22-11-27(19)25-17/h8,11,14H,6-7,9-10H2,1-5H3/t14-/m0/s1. The van der Waals surface area contributed by atoms with Crippen LogP contribution in [0.3, 0.4) is 0 Å². The predicted molar refractivity (Wildman–Crippen MR) is 112 cm³/mol. The number of rotatable bonds is 2. The van der Waals surface area contributed by atoms with Gasteiger partial charge in [0.15, 0.2) is 11.5 Å². The number of nitrogens with zero attached hydrogens (tertiary/aromatic N) is 6. The van der Waals surface area contributed by atoms with Gasteiger partial charge in [-0.15, -0.1) is 16.4 Å². The van der Waals surface area contributed by atoms with Crippen LogP contribution in [0.1, 0.15) is 54.8 Å². The molecule has 146 valence electrons. The number of aromatic nitrogens is 6. The van der Waals surface area contributed by atoms with Gasteiger partial charge < -0.3 is 0 Å². The minimum atomic E-state index is 0.346. The monoisotopic (exact) mass is 394 g/mol. The Morgan fingerprint density at radius 3 is 2.75 bits per heavy atom. The van der Waals surface area contributed by atoms with Crippen molar-refractivity contribution in [2.45, 2.75) is 60.4 Å². The maximum absolute atomic E-state index is 4.89. The summed E-state index contributed by atoms with van der Waals surface area (Å²) in [6.45, 7) is 11.7. The maximum Gasteiger partial charge on any atom is 0.173 e. The lowest BCUT2D eigenvalue weighted by Crippen LogP contribution is -2.26. The van der Waals surface area contributed by atoms with Crippen LogP contribution in [0, 0.1) is 25.2 Å². The Kier molecular flexibility index (Phi) is 3.88. The van der Waals surface area contributed by atoms with E-state index in [2.05, 4.69) is 44.0 Å². The molecular weight excluding hydrogens is 368 g/mol. The molecule has 0 fully saturated rings. The van der Waals surface area contributed by atoms with Crippen molar-refractivity contribution in [1.82, 2.24) is 29.4 Å². The molecule has 7 heteroatoms. The largest absolute Gasteiger partial charge is 0.262 e. The summed E-state index contributed by atoms with van der Waals surface area (Å²) in [5.41, 5.74) is 4.88. The molecule has 0 spiro atoms. The highest BCUT2D eigenvalue weighted by atomic mass is 32.1. The highest BCUT2D eigenvalue weighted by Gasteiger charge is 2.31. The van der Waals surface area contributed by atoms with Crippen molar-refractivity contribution in [3.05, 3.63) is 40.0 Å².